The van der Waals surface area contributed by atoms with Crippen LogP contribution in [-0.2, 0) is 20.8 Å². The van der Waals surface area contributed by atoms with Crippen LogP contribution in [-0.4, -0.2) is 60.7 Å². The lowest BCUT2D eigenvalue weighted by atomic mass is 10.1. The van der Waals surface area contributed by atoms with Crippen LogP contribution >= 0.6 is 0 Å². The van der Waals surface area contributed by atoms with Crippen molar-refractivity contribution in [3.05, 3.63) is 35.9 Å². The molecule has 6 nitrogen and oxygen atoms in total. The van der Waals surface area contributed by atoms with Crippen LogP contribution in [0.15, 0.2) is 30.3 Å². The van der Waals surface area contributed by atoms with Crippen molar-refractivity contribution in [3.63, 3.8) is 0 Å². The average Bonchev–Trinajstić information content (AvgIpc) is 3.04. The molecule has 6 heteroatoms. The Kier molecular flexibility index (Phi) is 6.35. The summed E-state index contributed by atoms with van der Waals surface area (Å²) in [6.07, 6.45) is 2.08. The van der Waals surface area contributed by atoms with E-state index in [0.717, 1.165) is 12.0 Å². The number of hydrogen-bond acceptors (Lipinski definition) is 3. The van der Waals surface area contributed by atoms with E-state index >= 15 is 0 Å². The zero-order valence-electron chi connectivity index (χ0n) is 14.3. The van der Waals surface area contributed by atoms with Gasteiger partial charge in [0.05, 0.1) is 6.42 Å². The number of likely N-dealkylation sites (tertiary alicyclic amines) is 1. The maximum Gasteiger partial charge on any atom is 0.244 e. The number of carbonyl (C=O) groups excluding carboxylic acids is 3. The summed E-state index contributed by atoms with van der Waals surface area (Å²) in [6.45, 7) is 0.908. The summed E-state index contributed by atoms with van der Waals surface area (Å²) in [4.78, 5) is 39.5. The quantitative estimate of drug-likeness (QED) is 0.839. The fourth-order valence-corrected chi connectivity index (χ4v) is 2.92. The van der Waals surface area contributed by atoms with E-state index in [1.54, 1.807) is 19.0 Å². The van der Waals surface area contributed by atoms with Crippen LogP contribution in [0.4, 0.5) is 0 Å². The minimum absolute atomic E-state index is 0.0334. The molecule has 0 aliphatic carbocycles. The van der Waals surface area contributed by atoms with E-state index in [1.807, 2.05) is 30.3 Å². The van der Waals surface area contributed by atoms with Crippen LogP contribution in [0.1, 0.15) is 24.8 Å². The Bertz CT molecular complexity index is 586. The zero-order chi connectivity index (χ0) is 17.5. The highest BCUT2D eigenvalue weighted by molar-refractivity contribution is 5.88. The Labute approximate surface area is 142 Å². The van der Waals surface area contributed by atoms with Gasteiger partial charge in [0.1, 0.15) is 6.04 Å². The lowest BCUT2D eigenvalue weighted by molar-refractivity contribution is -0.142. The van der Waals surface area contributed by atoms with Gasteiger partial charge >= 0.3 is 0 Å². The molecule has 0 spiro atoms. The summed E-state index contributed by atoms with van der Waals surface area (Å²) in [7, 11) is 3.40. The summed E-state index contributed by atoms with van der Waals surface area (Å²) in [5.74, 6) is -0.210. The van der Waals surface area contributed by atoms with Crippen LogP contribution in [0.3, 0.4) is 0 Å². The molecule has 1 unspecified atom stereocenters. The molecular weight excluding hydrogens is 306 g/mol. The second-order valence-corrected chi connectivity index (χ2v) is 6.24. The fraction of sp³-hybridized carbons (Fsp3) is 0.500. The van der Waals surface area contributed by atoms with Gasteiger partial charge in [-0.05, 0) is 18.4 Å². The minimum atomic E-state index is -0.354. The van der Waals surface area contributed by atoms with Crippen molar-refractivity contribution in [2.45, 2.75) is 31.7 Å². The van der Waals surface area contributed by atoms with Crippen LogP contribution < -0.4 is 5.32 Å². The molecule has 3 amide bonds. The second-order valence-electron chi connectivity index (χ2n) is 6.24. The summed E-state index contributed by atoms with van der Waals surface area (Å²) in [6, 6.07) is 9.12. The molecular formula is C18H25N3O3. The topological polar surface area (TPSA) is 69.7 Å². The zero-order valence-corrected chi connectivity index (χ0v) is 14.3. The van der Waals surface area contributed by atoms with Gasteiger partial charge in [0.15, 0.2) is 0 Å². The summed E-state index contributed by atoms with van der Waals surface area (Å²) in [5, 5.41) is 2.77. The molecule has 1 saturated heterocycles. The molecule has 0 saturated carbocycles. The normalized spacial score (nSPS) is 16.8. The third kappa shape index (κ3) is 4.81. The molecule has 1 atom stereocenters. The molecule has 0 radical (unpaired) electrons. The standard InChI is InChI=1S/C18H25N3O3/c1-20(2)18(24)15-9-6-12-21(15)17(23)10-11-19-16(22)13-14-7-4-3-5-8-14/h3-5,7-8,15H,6,9-13H2,1-2H3,(H,19,22). The summed E-state index contributed by atoms with van der Waals surface area (Å²) >= 11 is 0. The molecule has 1 aromatic rings. The van der Waals surface area contributed by atoms with Gasteiger partial charge < -0.3 is 15.1 Å². The number of benzene rings is 1. The van der Waals surface area contributed by atoms with E-state index in [2.05, 4.69) is 5.32 Å². The minimum Gasteiger partial charge on any atom is -0.355 e. The van der Waals surface area contributed by atoms with Crippen LogP contribution in [0, 0.1) is 0 Å². The molecule has 24 heavy (non-hydrogen) atoms. The van der Waals surface area contributed by atoms with E-state index in [-0.39, 0.29) is 30.2 Å². The van der Waals surface area contributed by atoms with Crippen LogP contribution in [0.2, 0.25) is 0 Å². The largest absolute Gasteiger partial charge is 0.355 e. The van der Waals surface area contributed by atoms with Crippen LogP contribution in [0.25, 0.3) is 0 Å². The number of nitrogens with one attached hydrogen (secondary N) is 1. The monoisotopic (exact) mass is 331 g/mol. The predicted molar refractivity (Wildman–Crippen MR) is 91.2 cm³/mol. The third-order valence-corrected chi connectivity index (χ3v) is 4.17. The Morgan fingerprint density at radius 2 is 1.92 bits per heavy atom. The van der Waals surface area contributed by atoms with Gasteiger partial charge in [0, 0.05) is 33.6 Å². The summed E-state index contributed by atoms with van der Waals surface area (Å²) < 4.78 is 0. The lowest BCUT2D eigenvalue weighted by Gasteiger charge is -2.26. The van der Waals surface area contributed by atoms with E-state index in [9.17, 15) is 14.4 Å². The highest BCUT2D eigenvalue weighted by Gasteiger charge is 2.34. The number of rotatable bonds is 6. The van der Waals surface area contributed by atoms with E-state index < -0.39 is 0 Å². The van der Waals surface area contributed by atoms with Gasteiger partial charge in [-0.25, -0.2) is 0 Å². The van der Waals surface area contributed by atoms with E-state index in [1.165, 1.54) is 4.90 Å². The number of amides is 3. The molecule has 1 fully saturated rings. The molecule has 1 aliphatic rings. The van der Waals surface area contributed by atoms with Crippen molar-refractivity contribution in [1.82, 2.24) is 15.1 Å². The SMILES string of the molecule is CN(C)C(=O)C1CCCN1C(=O)CCNC(=O)Cc1ccccc1. The molecule has 0 bridgehead atoms. The first-order chi connectivity index (χ1) is 11.5. The van der Waals surface area contributed by atoms with Gasteiger partial charge in [-0.3, -0.25) is 14.4 Å². The van der Waals surface area contributed by atoms with Crippen molar-refractivity contribution in [2.75, 3.05) is 27.2 Å². The van der Waals surface area contributed by atoms with Crippen molar-refractivity contribution >= 4 is 17.7 Å². The van der Waals surface area contributed by atoms with Gasteiger partial charge in [-0.2, -0.15) is 0 Å². The number of carbonyl (C=O) groups is 3. The highest BCUT2D eigenvalue weighted by atomic mass is 16.2. The maximum atomic E-state index is 12.3. The highest BCUT2D eigenvalue weighted by Crippen LogP contribution is 2.19. The smallest absolute Gasteiger partial charge is 0.244 e. The Morgan fingerprint density at radius 3 is 2.58 bits per heavy atom. The number of likely N-dealkylation sites (N-methyl/N-ethyl adjacent to an activating group) is 1. The average molecular weight is 331 g/mol. The Hall–Kier alpha value is -2.37. The molecule has 0 aromatic heterocycles. The number of nitrogens with zero attached hydrogens (tertiary/aromatic N) is 2. The fourth-order valence-electron chi connectivity index (χ4n) is 2.92. The lowest BCUT2D eigenvalue weighted by Crippen LogP contribution is -2.46. The molecule has 1 aromatic carbocycles. The molecule has 1 heterocycles. The van der Waals surface area contributed by atoms with Crippen molar-refractivity contribution in [2.24, 2.45) is 0 Å². The van der Waals surface area contributed by atoms with Gasteiger partial charge in [-0.1, -0.05) is 30.3 Å². The third-order valence-electron chi connectivity index (χ3n) is 4.17. The molecule has 1 aliphatic heterocycles. The first kappa shape index (κ1) is 18.0. The number of hydrogen-bond donors (Lipinski definition) is 1. The second kappa shape index (κ2) is 8.47. The first-order valence-electron chi connectivity index (χ1n) is 8.30. The molecule has 2 rings (SSSR count). The van der Waals surface area contributed by atoms with Gasteiger partial charge in [0.25, 0.3) is 0 Å². The van der Waals surface area contributed by atoms with Gasteiger partial charge in [-0.15, -0.1) is 0 Å². The van der Waals surface area contributed by atoms with E-state index in [0.29, 0.717) is 25.9 Å². The first-order valence-corrected chi connectivity index (χ1v) is 8.30. The van der Waals surface area contributed by atoms with Crippen molar-refractivity contribution in [3.8, 4) is 0 Å². The van der Waals surface area contributed by atoms with E-state index in [4.69, 9.17) is 0 Å². The van der Waals surface area contributed by atoms with Gasteiger partial charge in [0.2, 0.25) is 17.7 Å². The van der Waals surface area contributed by atoms with Crippen LogP contribution in [0.5, 0.6) is 0 Å². The molecule has 1 N–H and O–H groups in total. The Morgan fingerprint density at radius 1 is 1.21 bits per heavy atom. The maximum absolute atomic E-state index is 12.3. The summed E-state index contributed by atoms with van der Waals surface area (Å²) in [5.41, 5.74) is 0.942. The molecule has 130 valence electrons. The Balaban J connectivity index is 1.76. The van der Waals surface area contributed by atoms with Crippen molar-refractivity contribution in [1.29, 1.82) is 0 Å². The predicted octanol–water partition coefficient (Wildman–Crippen LogP) is 0.815. The van der Waals surface area contributed by atoms with Crippen molar-refractivity contribution < 1.29 is 14.4 Å².